The summed E-state index contributed by atoms with van der Waals surface area (Å²) >= 11 is 0. The third kappa shape index (κ3) is 4.50. The molecule has 1 rings (SSSR count). The van der Waals surface area contributed by atoms with Crippen LogP contribution in [0.25, 0.3) is 0 Å². The molecule has 0 saturated carbocycles. The molecule has 1 aromatic rings. The SMILES string of the molecule is COC(=O)c1ccc(OC)cc1OCCNC(C)=O. The minimum absolute atomic E-state index is 0.137. The van der Waals surface area contributed by atoms with Crippen molar-refractivity contribution in [3.63, 3.8) is 0 Å². The second-order valence-corrected chi connectivity index (χ2v) is 3.69. The second kappa shape index (κ2) is 7.25. The zero-order valence-corrected chi connectivity index (χ0v) is 11.2. The van der Waals surface area contributed by atoms with Gasteiger partial charge in [0.2, 0.25) is 5.91 Å². The van der Waals surface area contributed by atoms with Gasteiger partial charge in [-0.2, -0.15) is 0 Å². The van der Waals surface area contributed by atoms with Gasteiger partial charge in [0.05, 0.1) is 20.8 Å². The summed E-state index contributed by atoms with van der Waals surface area (Å²) in [6, 6.07) is 4.81. The highest BCUT2D eigenvalue weighted by Crippen LogP contribution is 2.25. The standard InChI is InChI=1S/C13H17NO5/c1-9(15)14-6-7-19-12-8-10(17-2)4-5-11(12)13(16)18-3/h4-5,8H,6-7H2,1-3H3,(H,14,15). The molecule has 0 saturated heterocycles. The van der Waals surface area contributed by atoms with Crippen LogP contribution in [0.1, 0.15) is 17.3 Å². The number of methoxy groups -OCH3 is 2. The van der Waals surface area contributed by atoms with Gasteiger partial charge in [-0.1, -0.05) is 0 Å². The fourth-order valence-electron chi connectivity index (χ4n) is 1.42. The van der Waals surface area contributed by atoms with Crippen molar-refractivity contribution in [1.82, 2.24) is 5.32 Å². The molecule has 6 heteroatoms. The normalized spacial score (nSPS) is 9.63. The summed E-state index contributed by atoms with van der Waals surface area (Å²) in [6.07, 6.45) is 0. The molecule has 0 spiro atoms. The number of esters is 1. The number of hydrogen-bond acceptors (Lipinski definition) is 5. The molecule has 0 atom stereocenters. The van der Waals surface area contributed by atoms with E-state index in [9.17, 15) is 9.59 Å². The van der Waals surface area contributed by atoms with E-state index in [0.717, 1.165) is 0 Å². The summed E-state index contributed by atoms with van der Waals surface area (Å²) in [6.45, 7) is 2.02. The number of rotatable bonds is 6. The highest BCUT2D eigenvalue weighted by Gasteiger charge is 2.14. The lowest BCUT2D eigenvalue weighted by Crippen LogP contribution is -2.25. The van der Waals surface area contributed by atoms with Crippen molar-refractivity contribution < 1.29 is 23.8 Å². The van der Waals surface area contributed by atoms with Crippen molar-refractivity contribution in [3.8, 4) is 11.5 Å². The molecule has 0 aliphatic rings. The van der Waals surface area contributed by atoms with Crippen molar-refractivity contribution in [2.75, 3.05) is 27.4 Å². The minimum atomic E-state index is -0.489. The monoisotopic (exact) mass is 267 g/mol. The average molecular weight is 267 g/mol. The molecule has 0 heterocycles. The van der Waals surface area contributed by atoms with Gasteiger partial charge in [-0.3, -0.25) is 4.79 Å². The molecular weight excluding hydrogens is 250 g/mol. The minimum Gasteiger partial charge on any atom is -0.497 e. The van der Waals surface area contributed by atoms with Crippen LogP contribution in [0.15, 0.2) is 18.2 Å². The van der Waals surface area contributed by atoms with E-state index < -0.39 is 5.97 Å². The lowest BCUT2D eigenvalue weighted by Gasteiger charge is -2.11. The van der Waals surface area contributed by atoms with E-state index in [1.807, 2.05) is 0 Å². The van der Waals surface area contributed by atoms with Crippen LogP contribution in [0.2, 0.25) is 0 Å². The van der Waals surface area contributed by atoms with Crippen molar-refractivity contribution in [1.29, 1.82) is 0 Å². The molecule has 1 aromatic carbocycles. The van der Waals surface area contributed by atoms with Crippen LogP contribution in [-0.4, -0.2) is 39.2 Å². The van der Waals surface area contributed by atoms with Gasteiger partial charge in [0.25, 0.3) is 0 Å². The molecule has 1 N–H and O–H groups in total. The van der Waals surface area contributed by atoms with Crippen LogP contribution in [0.4, 0.5) is 0 Å². The van der Waals surface area contributed by atoms with Crippen LogP contribution in [0.5, 0.6) is 11.5 Å². The summed E-state index contributed by atoms with van der Waals surface area (Å²) in [5.41, 5.74) is 0.311. The Labute approximate surface area is 111 Å². The van der Waals surface area contributed by atoms with E-state index in [-0.39, 0.29) is 12.5 Å². The number of carbonyl (C=O) groups is 2. The third-order valence-corrected chi connectivity index (χ3v) is 2.33. The van der Waals surface area contributed by atoms with Crippen LogP contribution in [-0.2, 0) is 9.53 Å². The Morgan fingerprint density at radius 1 is 1.26 bits per heavy atom. The van der Waals surface area contributed by atoms with E-state index >= 15 is 0 Å². The van der Waals surface area contributed by atoms with Gasteiger partial charge >= 0.3 is 5.97 Å². The number of carbonyl (C=O) groups excluding carboxylic acids is 2. The first-order chi connectivity index (χ1) is 9.08. The number of hydrogen-bond donors (Lipinski definition) is 1. The van der Waals surface area contributed by atoms with Crippen molar-refractivity contribution in [2.45, 2.75) is 6.92 Å². The van der Waals surface area contributed by atoms with Crippen molar-refractivity contribution in [3.05, 3.63) is 23.8 Å². The lowest BCUT2D eigenvalue weighted by molar-refractivity contribution is -0.119. The summed E-state index contributed by atoms with van der Waals surface area (Å²) in [7, 11) is 2.82. The summed E-state index contributed by atoms with van der Waals surface area (Å²) < 4.78 is 15.2. The smallest absolute Gasteiger partial charge is 0.341 e. The average Bonchev–Trinajstić information content (AvgIpc) is 2.42. The summed E-state index contributed by atoms with van der Waals surface area (Å²) in [5.74, 6) is 0.304. The first-order valence-corrected chi connectivity index (χ1v) is 5.72. The lowest BCUT2D eigenvalue weighted by atomic mass is 10.2. The predicted octanol–water partition coefficient (Wildman–Crippen LogP) is 0.997. The zero-order valence-electron chi connectivity index (χ0n) is 11.2. The quantitative estimate of drug-likeness (QED) is 0.614. The fraction of sp³-hybridized carbons (Fsp3) is 0.385. The molecule has 0 radical (unpaired) electrons. The number of ether oxygens (including phenoxy) is 3. The summed E-state index contributed by atoms with van der Waals surface area (Å²) in [5, 5.41) is 2.60. The Morgan fingerprint density at radius 2 is 2.00 bits per heavy atom. The molecule has 0 fully saturated rings. The van der Waals surface area contributed by atoms with Crippen LogP contribution in [0.3, 0.4) is 0 Å². The maximum Gasteiger partial charge on any atom is 0.341 e. The van der Waals surface area contributed by atoms with Gasteiger partial charge in [-0.25, -0.2) is 4.79 Å². The second-order valence-electron chi connectivity index (χ2n) is 3.69. The van der Waals surface area contributed by atoms with Gasteiger partial charge in [-0.15, -0.1) is 0 Å². The first kappa shape index (κ1) is 14.8. The molecular formula is C13H17NO5. The van der Waals surface area contributed by atoms with E-state index in [1.165, 1.54) is 21.1 Å². The predicted molar refractivity (Wildman–Crippen MR) is 68.5 cm³/mol. The van der Waals surface area contributed by atoms with Crippen LogP contribution < -0.4 is 14.8 Å². The highest BCUT2D eigenvalue weighted by molar-refractivity contribution is 5.92. The fourth-order valence-corrected chi connectivity index (χ4v) is 1.42. The highest BCUT2D eigenvalue weighted by atomic mass is 16.5. The Kier molecular flexibility index (Phi) is 5.66. The maximum absolute atomic E-state index is 11.6. The zero-order chi connectivity index (χ0) is 14.3. The molecule has 0 aliphatic carbocycles. The van der Waals surface area contributed by atoms with Gasteiger partial charge in [0, 0.05) is 13.0 Å². The van der Waals surface area contributed by atoms with Crippen molar-refractivity contribution in [2.24, 2.45) is 0 Å². The molecule has 0 aromatic heterocycles. The van der Waals surface area contributed by atoms with Gasteiger partial charge < -0.3 is 19.5 Å². The Morgan fingerprint density at radius 3 is 2.58 bits per heavy atom. The Bertz CT molecular complexity index is 458. The molecule has 6 nitrogen and oxygen atoms in total. The van der Waals surface area contributed by atoms with Gasteiger partial charge in [0.15, 0.2) is 0 Å². The Balaban J connectivity index is 2.77. The number of nitrogens with one attached hydrogen (secondary N) is 1. The molecule has 0 unspecified atom stereocenters. The first-order valence-electron chi connectivity index (χ1n) is 5.72. The largest absolute Gasteiger partial charge is 0.497 e. The molecule has 1 amide bonds. The number of benzene rings is 1. The molecule has 0 bridgehead atoms. The van der Waals surface area contributed by atoms with E-state index in [0.29, 0.717) is 23.6 Å². The van der Waals surface area contributed by atoms with E-state index in [2.05, 4.69) is 10.1 Å². The molecule has 19 heavy (non-hydrogen) atoms. The molecule has 0 aliphatic heterocycles. The number of amides is 1. The topological polar surface area (TPSA) is 73.9 Å². The van der Waals surface area contributed by atoms with E-state index in [1.54, 1.807) is 18.2 Å². The maximum atomic E-state index is 11.6. The van der Waals surface area contributed by atoms with E-state index in [4.69, 9.17) is 9.47 Å². The van der Waals surface area contributed by atoms with Crippen molar-refractivity contribution >= 4 is 11.9 Å². The van der Waals surface area contributed by atoms with Crippen LogP contribution >= 0.6 is 0 Å². The third-order valence-electron chi connectivity index (χ3n) is 2.33. The molecule has 104 valence electrons. The van der Waals surface area contributed by atoms with Gasteiger partial charge in [-0.05, 0) is 12.1 Å². The van der Waals surface area contributed by atoms with Gasteiger partial charge in [0.1, 0.15) is 23.7 Å². The Hall–Kier alpha value is -2.24. The van der Waals surface area contributed by atoms with Crippen LogP contribution in [0, 0.1) is 0 Å². The summed E-state index contributed by atoms with van der Waals surface area (Å²) in [4.78, 5) is 22.3.